The largest absolute Gasteiger partial charge is 0.465 e. The SMILES string of the molecule is COC(=O)c1ccc([NH+](C)O)c(F)c1. The van der Waals surface area contributed by atoms with Crippen molar-refractivity contribution in [3.63, 3.8) is 0 Å². The molecule has 1 atom stereocenters. The molecule has 76 valence electrons. The Kier molecular flexibility index (Phi) is 3.16. The average molecular weight is 200 g/mol. The van der Waals surface area contributed by atoms with E-state index in [2.05, 4.69) is 4.74 Å². The van der Waals surface area contributed by atoms with Crippen LogP contribution in [-0.2, 0) is 4.74 Å². The molecular formula is C9H11FNO3+. The molecule has 1 rings (SSSR count). The van der Waals surface area contributed by atoms with Crippen molar-refractivity contribution in [1.29, 1.82) is 0 Å². The number of hydroxylamine groups is 1. The van der Waals surface area contributed by atoms with Crippen molar-refractivity contribution in [1.82, 2.24) is 0 Å². The molecule has 0 aliphatic carbocycles. The predicted molar refractivity (Wildman–Crippen MR) is 46.1 cm³/mol. The number of hydrogen-bond acceptors (Lipinski definition) is 3. The van der Waals surface area contributed by atoms with E-state index in [0.717, 1.165) is 6.07 Å². The lowest BCUT2D eigenvalue weighted by Crippen LogP contribution is -3.01. The lowest BCUT2D eigenvalue weighted by atomic mass is 10.2. The highest BCUT2D eigenvalue weighted by molar-refractivity contribution is 5.89. The van der Waals surface area contributed by atoms with E-state index in [-0.39, 0.29) is 16.3 Å². The van der Waals surface area contributed by atoms with Gasteiger partial charge in [-0.15, -0.1) is 0 Å². The summed E-state index contributed by atoms with van der Waals surface area (Å²) < 4.78 is 17.6. The molecule has 0 bridgehead atoms. The van der Waals surface area contributed by atoms with Gasteiger partial charge >= 0.3 is 5.97 Å². The van der Waals surface area contributed by atoms with E-state index in [1.807, 2.05) is 0 Å². The van der Waals surface area contributed by atoms with Crippen molar-refractivity contribution < 1.29 is 24.2 Å². The Labute approximate surface area is 80.5 Å². The van der Waals surface area contributed by atoms with E-state index in [1.165, 1.54) is 26.3 Å². The molecule has 0 aromatic heterocycles. The van der Waals surface area contributed by atoms with Gasteiger partial charge in [-0.05, 0) is 12.1 Å². The first-order valence-electron chi connectivity index (χ1n) is 3.97. The number of hydrogen-bond donors (Lipinski definition) is 2. The summed E-state index contributed by atoms with van der Waals surface area (Å²) in [6, 6.07) is 3.75. The first kappa shape index (κ1) is 10.6. The summed E-state index contributed by atoms with van der Waals surface area (Å²) in [4.78, 5) is 11.0. The standard InChI is InChI=1S/C9H10FNO3/c1-11(13)8-4-3-6(5-7(8)10)9(12)14-2/h3-5,13H,1-2H3/p+1. The summed E-state index contributed by atoms with van der Waals surface area (Å²) in [5, 5.41) is 8.93. The Morgan fingerprint density at radius 3 is 2.64 bits per heavy atom. The topological polar surface area (TPSA) is 51.0 Å². The average Bonchev–Trinajstić information content (AvgIpc) is 2.15. The quantitative estimate of drug-likeness (QED) is 0.527. The maximum Gasteiger partial charge on any atom is 0.337 e. The molecule has 0 aliphatic rings. The molecule has 0 radical (unpaired) electrons. The Hall–Kier alpha value is -1.46. The van der Waals surface area contributed by atoms with E-state index in [4.69, 9.17) is 5.21 Å². The second-order valence-corrected chi connectivity index (χ2v) is 2.77. The Bertz CT molecular complexity index is 352. The minimum absolute atomic E-state index is 0.0812. The minimum atomic E-state index is -0.645. The van der Waals surface area contributed by atoms with Crippen molar-refractivity contribution in [2.24, 2.45) is 0 Å². The molecule has 0 spiro atoms. The van der Waals surface area contributed by atoms with Crippen LogP contribution in [0.4, 0.5) is 10.1 Å². The molecule has 1 unspecified atom stereocenters. The Morgan fingerprint density at radius 1 is 1.57 bits per heavy atom. The zero-order valence-electron chi connectivity index (χ0n) is 7.87. The summed E-state index contributed by atoms with van der Waals surface area (Å²) in [6.07, 6.45) is 0. The summed E-state index contributed by atoms with van der Waals surface area (Å²) in [7, 11) is 2.59. The number of quaternary nitrogens is 1. The molecule has 1 aromatic rings. The number of carbonyl (C=O) groups excluding carboxylic acids is 1. The third-order valence-corrected chi connectivity index (χ3v) is 1.78. The maximum absolute atomic E-state index is 13.2. The molecule has 0 fully saturated rings. The van der Waals surface area contributed by atoms with Crippen LogP contribution in [0.15, 0.2) is 18.2 Å². The lowest BCUT2D eigenvalue weighted by Gasteiger charge is -2.05. The van der Waals surface area contributed by atoms with E-state index < -0.39 is 11.8 Å². The van der Waals surface area contributed by atoms with Gasteiger partial charge in [0.1, 0.15) is 7.05 Å². The Balaban J connectivity index is 3.06. The van der Waals surface area contributed by atoms with Gasteiger partial charge in [0.05, 0.1) is 12.7 Å². The van der Waals surface area contributed by atoms with Gasteiger partial charge in [0.2, 0.25) is 0 Å². The summed E-state index contributed by atoms with van der Waals surface area (Å²) in [5.74, 6) is -1.25. The second-order valence-electron chi connectivity index (χ2n) is 2.77. The molecule has 2 N–H and O–H groups in total. The molecule has 14 heavy (non-hydrogen) atoms. The van der Waals surface area contributed by atoms with Gasteiger partial charge < -0.3 is 4.74 Å². The van der Waals surface area contributed by atoms with E-state index in [0.29, 0.717) is 0 Å². The van der Waals surface area contributed by atoms with Crippen LogP contribution in [0.5, 0.6) is 0 Å². The number of benzene rings is 1. The third kappa shape index (κ3) is 2.07. The van der Waals surface area contributed by atoms with Crippen LogP contribution in [0.1, 0.15) is 10.4 Å². The van der Waals surface area contributed by atoms with E-state index in [9.17, 15) is 9.18 Å². The second kappa shape index (κ2) is 4.17. The summed E-state index contributed by atoms with van der Waals surface area (Å²) in [5.41, 5.74) is 0.202. The van der Waals surface area contributed by atoms with Crippen molar-refractivity contribution in [3.8, 4) is 0 Å². The minimum Gasteiger partial charge on any atom is -0.465 e. The van der Waals surface area contributed by atoms with Gasteiger partial charge in [-0.3, -0.25) is 0 Å². The van der Waals surface area contributed by atoms with Crippen molar-refractivity contribution in [2.45, 2.75) is 0 Å². The number of ether oxygens (including phenoxy) is 1. The van der Waals surface area contributed by atoms with Gasteiger partial charge in [0.25, 0.3) is 0 Å². The lowest BCUT2D eigenvalue weighted by molar-refractivity contribution is -1.02. The zero-order chi connectivity index (χ0) is 10.7. The number of esters is 1. The molecule has 0 aliphatic heterocycles. The van der Waals surface area contributed by atoms with Crippen molar-refractivity contribution >= 4 is 11.7 Å². The highest BCUT2D eigenvalue weighted by atomic mass is 19.1. The molecule has 4 nitrogen and oxygen atoms in total. The highest BCUT2D eigenvalue weighted by Crippen LogP contribution is 2.12. The van der Waals surface area contributed by atoms with Crippen LogP contribution in [0.3, 0.4) is 0 Å². The summed E-state index contributed by atoms with van der Waals surface area (Å²) >= 11 is 0. The molecule has 0 amide bonds. The molecule has 1 aromatic carbocycles. The van der Waals surface area contributed by atoms with Crippen molar-refractivity contribution in [2.75, 3.05) is 14.2 Å². The molecule has 0 saturated heterocycles. The first-order valence-corrected chi connectivity index (χ1v) is 3.97. The normalized spacial score (nSPS) is 12.3. The number of nitrogens with one attached hydrogen (secondary N) is 1. The van der Waals surface area contributed by atoms with Crippen LogP contribution in [0.2, 0.25) is 0 Å². The fourth-order valence-corrected chi connectivity index (χ4v) is 1.05. The van der Waals surface area contributed by atoms with Crippen LogP contribution in [0, 0.1) is 5.82 Å². The van der Waals surface area contributed by atoms with Crippen LogP contribution >= 0.6 is 0 Å². The van der Waals surface area contributed by atoms with E-state index >= 15 is 0 Å². The predicted octanol–water partition coefficient (Wildman–Crippen LogP) is 0.148. The van der Waals surface area contributed by atoms with Crippen LogP contribution in [0.25, 0.3) is 0 Å². The maximum atomic E-state index is 13.2. The van der Waals surface area contributed by atoms with Crippen LogP contribution in [-0.4, -0.2) is 25.3 Å². The monoisotopic (exact) mass is 200 g/mol. The van der Waals surface area contributed by atoms with Gasteiger partial charge in [0, 0.05) is 6.07 Å². The highest BCUT2D eigenvalue weighted by Gasteiger charge is 2.14. The number of carbonyl (C=O) groups is 1. The summed E-state index contributed by atoms with van der Waals surface area (Å²) in [6.45, 7) is 0. The number of rotatable bonds is 2. The van der Waals surface area contributed by atoms with Crippen LogP contribution < -0.4 is 5.06 Å². The first-order chi connectivity index (χ1) is 6.56. The van der Waals surface area contributed by atoms with Gasteiger partial charge in [-0.25, -0.2) is 14.4 Å². The van der Waals surface area contributed by atoms with Gasteiger partial charge in [-0.2, -0.15) is 5.06 Å². The molecule has 0 heterocycles. The fraction of sp³-hybridized carbons (Fsp3) is 0.222. The number of methoxy groups -OCH3 is 1. The Morgan fingerprint density at radius 2 is 2.21 bits per heavy atom. The van der Waals surface area contributed by atoms with E-state index in [1.54, 1.807) is 0 Å². The van der Waals surface area contributed by atoms with Gasteiger partial charge in [-0.1, -0.05) is 0 Å². The smallest absolute Gasteiger partial charge is 0.337 e. The molecule has 5 heteroatoms. The van der Waals surface area contributed by atoms with Crippen molar-refractivity contribution in [3.05, 3.63) is 29.6 Å². The van der Waals surface area contributed by atoms with Gasteiger partial charge in [0.15, 0.2) is 11.5 Å². The third-order valence-electron chi connectivity index (χ3n) is 1.78. The number of halogens is 1. The molecular weight excluding hydrogens is 189 g/mol. The molecule has 0 saturated carbocycles. The zero-order valence-corrected chi connectivity index (χ0v) is 7.87. The fourth-order valence-electron chi connectivity index (χ4n) is 1.05.